The van der Waals surface area contributed by atoms with E-state index in [9.17, 15) is 0 Å². The number of rotatable bonds is 11. The third kappa shape index (κ3) is 5.44. The van der Waals surface area contributed by atoms with Gasteiger partial charge in [0.1, 0.15) is 22.6 Å². The Morgan fingerprint density at radius 3 is 2.74 bits per heavy atom. The number of hydrogen-bond acceptors (Lipinski definition) is 7. The number of aryl methyl sites for hydroxylation is 1. The van der Waals surface area contributed by atoms with Crippen molar-refractivity contribution >= 4 is 28.5 Å². The van der Waals surface area contributed by atoms with Gasteiger partial charge >= 0.3 is 0 Å². The first kappa shape index (κ1) is 23.2. The van der Waals surface area contributed by atoms with Crippen molar-refractivity contribution in [3.63, 3.8) is 0 Å². The minimum Gasteiger partial charge on any atom is -0.495 e. The van der Waals surface area contributed by atoms with Gasteiger partial charge in [0, 0.05) is 25.0 Å². The molecular weight excluding hydrogens is 416 g/mol. The van der Waals surface area contributed by atoms with E-state index in [-0.39, 0.29) is 18.6 Å². The number of fused-ring (bicyclic) bond motifs is 1. The quantitative estimate of drug-likeness (QED) is 0.356. The molecule has 0 fully saturated rings. The first-order chi connectivity index (χ1) is 15.0. The molecule has 0 aliphatic carbocycles. The lowest BCUT2D eigenvalue weighted by Crippen LogP contribution is -2.33. The lowest BCUT2D eigenvalue weighted by Gasteiger charge is -2.20. The highest BCUT2D eigenvalue weighted by molar-refractivity contribution is 6.32. The predicted octanol–water partition coefficient (Wildman–Crippen LogP) is 3.65. The van der Waals surface area contributed by atoms with Gasteiger partial charge in [-0.05, 0) is 31.0 Å². The van der Waals surface area contributed by atoms with E-state index in [0.717, 1.165) is 41.0 Å². The van der Waals surface area contributed by atoms with E-state index in [2.05, 4.69) is 41.6 Å². The fourth-order valence-corrected chi connectivity index (χ4v) is 3.69. The van der Waals surface area contributed by atoms with Crippen molar-refractivity contribution in [2.45, 2.75) is 52.1 Å². The zero-order valence-corrected chi connectivity index (χ0v) is 19.3. The van der Waals surface area contributed by atoms with Gasteiger partial charge in [-0.1, -0.05) is 37.9 Å². The Balaban J connectivity index is 1.92. The molecule has 8 nitrogen and oxygen atoms in total. The van der Waals surface area contributed by atoms with Crippen molar-refractivity contribution in [3.8, 4) is 5.75 Å². The highest BCUT2D eigenvalue weighted by Gasteiger charge is 2.21. The van der Waals surface area contributed by atoms with Crippen LogP contribution in [0.1, 0.15) is 50.2 Å². The van der Waals surface area contributed by atoms with Crippen LogP contribution in [0.3, 0.4) is 0 Å². The van der Waals surface area contributed by atoms with Crippen molar-refractivity contribution in [1.29, 1.82) is 0 Å². The van der Waals surface area contributed by atoms with E-state index < -0.39 is 0 Å². The minimum atomic E-state index is 0.0521. The average molecular weight is 447 g/mol. The molecule has 0 spiro atoms. The first-order valence-corrected chi connectivity index (χ1v) is 11.0. The van der Waals surface area contributed by atoms with E-state index in [1.54, 1.807) is 7.11 Å². The number of aliphatic hydroxyl groups excluding tert-OH is 1. The molecule has 9 heteroatoms. The number of methoxy groups -OCH3 is 1. The van der Waals surface area contributed by atoms with Crippen molar-refractivity contribution in [3.05, 3.63) is 40.3 Å². The van der Waals surface area contributed by atoms with Gasteiger partial charge in [-0.15, -0.1) is 0 Å². The molecule has 0 radical (unpaired) electrons. The molecule has 0 saturated carbocycles. The molecular formula is C22H31ClN6O2. The molecule has 0 amide bonds. The lowest BCUT2D eigenvalue weighted by atomic mass is 10.0. The third-order valence-electron chi connectivity index (χ3n) is 5.40. The number of benzene rings is 1. The minimum absolute atomic E-state index is 0.0521. The normalized spacial score (nSPS) is 13.4. The zero-order valence-electron chi connectivity index (χ0n) is 18.5. The Morgan fingerprint density at radius 1 is 1.26 bits per heavy atom. The highest BCUT2D eigenvalue weighted by atomic mass is 35.5. The second-order valence-corrected chi connectivity index (χ2v) is 8.06. The lowest BCUT2D eigenvalue weighted by molar-refractivity contribution is 0.281. The van der Waals surface area contributed by atoms with Crippen molar-refractivity contribution in [2.24, 2.45) is 0 Å². The molecule has 31 heavy (non-hydrogen) atoms. The molecule has 3 rings (SSSR count). The van der Waals surface area contributed by atoms with Gasteiger partial charge in [0.25, 0.3) is 0 Å². The summed E-state index contributed by atoms with van der Waals surface area (Å²) in [6.45, 7) is 7.45. The molecule has 0 aliphatic rings. The molecule has 1 aromatic carbocycles. The second kappa shape index (κ2) is 10.7. The Morgan fingerprint density at radius 2 is 2.06 bits per heavy atom. The Bertz CT molecular complexity index is 1010. The molecule has 0 aliphatic heterocycles. The number of H-pyrrole nitrogens is 1. The van der Waals surface area contributed by atoms with Gasteiger partial charge in [0.05, 0.1) is 24.4 Å². The molecule has 4 N–H and O–H groups in total. The zero-order chi connectivity index (χ0) is 22.4. The number of anilines is 1. The fourth-order valence-electron chi connectivity index (χ4n) is 3.41. The molecule has 0 bridgehead atoms. The maximum absolute atomic E-state index is 9.12. The maximum Gasteiger partial charge on any atom is 0.156 e. The monoisotopic (exact) mass is 446 g/mol. The first-order valence-electron chi connectivity index (χ1n) is 10.6. The average Bonchev–Trinajstić information content (AvgIpc) is 3.18. The Labute approximate surface area is 187 Å². The number of ether oxygens (including phenoxy) is 1. The number of aliphatic hydroxyl groups is 1. The summed E-state index contributed by atoms with van der Waals surface area (Å²) in [6.07, 6.45) is 1.83. The summed E-state index contributed by atoms with van der Waals surface area (Å²) in [5.41, 5.74) is 3.61. The van der Waals surface area contributed by atoms with Gasteiger partial charge in [0.15, 0.2) is 5.82 Å². The summed E-state index contributed by atoms with van der Waals surface area (Å²) in [5.74, 6) is 2.15. The predicted molar refractivity (Wildman–Crippen MR) is 124 cm³/mol. The molecule has 2 heterocycles. The van der Waals surface area contributed by atoms with Crippen LogP contribution >= 0.6 is 11.6 Å². The smallest absolute Gasteiger partial charge is 0.156 e. The fraction of sp³-hybridized carbons (Fsp3) is 0.500. The highest BCUT2D eigenvalue weighted by Crippen LogP contribution is 2.28. The van der Waals surface area contributed by atoms with E-state index in [0.29, 0.717) is 29.7 Å². The number of halogens is 1. The summed E-state index contributed by atoms with van der Waals surface area (Å²) >= 11 is 6.27. The number of nitrogens with zero attached hydrogens (tertiary/aromatic N) is 3. The third-order valence-corrected chi connectivity index (χ3v) is 5.70. The van der Waals surface area contributed by atoms with Crippen LogP contribution in [0.4, 0.5) is 5.82 Å². The molecule has 3 aromatic rings. The summed E-state index contributed by atoms with van der Waals surface area (Å²) in [6, 6.07) is 5.81. The SMILES string of the molecule is CCCc1n[nH]c2c(NCc3ccc(OC)c(Cl)c3)nc(C(C)C(C)NCCO)nc12. The Kier molecular flexibility index (Phi) is 8.06. The maximum atomic E-state index is 9.12. The van der Waals surface area contributed by atoms with Gasteiger partial charge in [-0.3, -0.25) is 5.10 Å². The largest absolute Gasteiger partial charge is 0.495 e. The van der Waals surface area contributed by atoms with Gasteiger partial charge < -0.3 is 20.5 Å². The van der Waals surface area contributed by atoms with Crippen LogP contribution in [0.25, 0.3) is 11.0 Å². The van der Waals surface area contributed by atoms with Crippen molar-refractivity contribution in [2.75, 3.05) is 25.6 Å². The molecule has 168 valence electrons. The summed E-state index contributed by atoms with van der Waals surface area (Å²) < 4.78 is 5.23. The van der Waals surface area contributed by atoms with Crippen molar-refractivity contribution < 1.29 is 9.84 Å². The van der Waals surface area contributed by atoms with Crippen LogP contribution < -0.4 is 15.4 Å². The van der Waals surface area contributed by atoms with E-state index in [1.165, 1.54) is 0 Å². The molecule has 2 aromatic heterocycles. The Hall–Kier alpha value is -2.42. The van der Waals surface area contributed by atoms with E-state index >= 15 is 0 Å². The molecule has 2 atom stereocenters. The topological polar surface area (TPSA) is 108 Å². The second-order valence-electron chi connectivity index (χ2n) is 7.65. The van der Waals surface area contributed by atoms with Crippen LogP contribution in [0.2, 0.25) is 5.02 Å². The van der Waals surface area contributed by atoms with Crippen LogP contribution in [-0.2, 0) is 13.0 Å². The van der Waals surface area contributed by atoms with Gasteiger partial charge in [-0.25, -0.2) is 9.97 Å². The number of nitrogens with one attached hydrogen (secondary N) is 3. The number of hydrogen-bond donors (Lipinski definition) is 4. The van der Waals surface area contributed by atoms with E-state index in [4.69, 9.17) is 31.4 Å². The summed E-state index contributed by atoms with van der Waals surface area (Å²) in [5, 5.41) is 24.0. The van der Waals surface area contributed by atoms with E-state index in [1.807, 2.05) is 18.2 Å². The summed E-state index contributed by atoms with van der Waals surface area (Å²) in [7, 11) is 1.60. The number of aromatic nitrogens is 4. The standard InChI is InChI=1S/C22H31ClN6O2/c1-5-6-17-19-20(29-28-17)22(25-12-15-7-8-18(31-4)16(23)11-15)27-21(26-19)13(2)14(3)24-9-10-30/h7-8,11,13-14,24,30H,5-6,9-10,12H2,1-4H3,(H,28,29)(H,25,26,27). The molecule has 2 unspecified atom stereocenters. The molecule has 0 saturated heterocycles. The van der Waals surface area contributed by atoms with Crippen molar-refractivity contribution in [1.82, 2.24) is 25.5 Å². The number of aromatic amines is 1. The summed E-state index contributed by atoms with van der Waals surface area (Å²) in [4.78, 5) is 9.67. The van der Waals surface area contributed by atoms with Crippen LogP contribution in [0, 0.1) is 0 Å². The van der Waals surface area contributed by atoms with Gasteiger partial charge in [-0.2, -0.15) is 5.10 Å². The van der Waals surface area contributed by atoms with Crippen LogP contribution in [-0.4, -0.2) is 51.6 Å². The van der Waals surface area contributed by atoms with Crippen LogP contribution in [0.5, 0.6) is 5.75 Å². The van der Waals surface area contributed by atoms with Gasteiger partial charge in [0.2, 0.25) is 0 Å². The van der Waals surface area contributed by atoms with Crippen LogP contribution in [0.15, 0.2) is 18.2 Å².